The number of hydrogen-bond donors (Lipinski definition) is 0. The van der Waals surface area contributed by atoms with Crippen molar-refractivity contribution in [1.29, 1.82) is 0 Å². The van der Waals surface area contributed by atoms with Gasteiger partial charge in [0.15, 0.2) is 5.78 Å². The molecule has 24 heavy (non-hydrogen) atoms. The van der Waals surface area contributed by atoms with Crippen molar-refractivity contribution >= 4 is 11.6 Å². The van der Waals surface area contributed by atoms with E-state index in [4.69, 9.17) is 4.74 Å². The number of ether oxygens (including phenoxy) is 1. The maximum Gasteiger partial charge on any atom is 0.178 e. The molecule has 0 aliphatic heterocycles. The first-order chi connectivity index (χ1) is 11.4. The van der Waals surface area contributed by atoms with Gasteiger partial charge in [0.2, 0.25) is 0 Å². The lowest BCUT2D eigenvalue weighted by Crippen LogP contribution is -2.52. The second-order valence-electron chi connectivity index (χ2n) is 8.80. The van der Waals surface area contributed by atoms with Gasteiger partial charge in [0.25, 0.3) is 0 Å². The van der Waals surface area contributed by atoms with Crippen LogP contribution in [-0.4, -0.2) is 25.3 Å². The second-order valence-corrected chi connectivity index (χ2v) is 8.80. The minimum Gasteiger partial charge on any atom is -0.384 e. The minimum atomic E-state index is -0.107. The fourth-order valence-corrected chi connectivity index (χ4v) is 6.55. The lowest BCUT2D eigenvalue weighted by atomic mass is 9.46. The maximum absolute atomic E-state index is 12.5. The topological polar surface area (TPSA) is 43.4 Å². The normalized spacial score (nSPS) is 47.0. The number of ketones is 2. The van der Waals surface area contributed by atoms with Gasteiger partial charge < -0.3 is 4.74 Å². The summed E-state index contributed by atoms with van der Waals surface area (Å²) >= 11 is 0. The molecule has 3 nitrogen and oxygen atoms in total. The van der Waals surface area contributed by atoms with Gasteiger partial charge in [0, 0.05) is 30.3 Å². The number of rotatable bonds is 2. The quantitative estimate of drug-likeness (QED) is 0.775. The third-order valence-electron chi connectivity index (χ3n) is 7.79. The Hall–Kier alpha value is -1.22. The Morgan fingerprint density at radius 1 is 1.21 bits per heavy atom. The summed E-state index contributed by atoms with van der Waals surface area (Å²) in [5, 5.41) is 0. The SMILES string of the molecule is COC[C@@H]1C[C@H]2C3CCC(=O)[C@@]3(C)CC[C@@H]2[C@@]2(C)C=CC(=O)C=C12. The van der Waals surface area contributed by atoms with Gasteiger partial charge in [0.05, 0.1) is 6.61 Å². The third kappa shape index (κ3) is 2.06. The first-order valence-electron chi connectivity index (χ1n) is 9.37. The highest BCUT2D eigenvalue weighted by molar-refractivity contribution is 6.01. The molecule has 0 aromatic rings. The van der Waals surface area contributed by atoms with E-state index >= 15 is 0 Å². The number of carbonyl (C=O) groups is 2. The molecular weight excluding hydrogens is 300 g/mol. The predicted molar refractivity (Wildman–Crippen MR) is 92.4 cm³/mol. The van der Waals surface area contributed by atoms with Gasteiger partial charge in [0.1, 0.15) is 5.78 Å². The molecule has 4 aliphatic rings. The van der Waals surface area contributed by atoms with Crippen molar-refractivity contribution in [2.45, 2.75) is 46.0 Å². The van der Waals surface area contributed by atoms with Gasteiger partial charge in [-0.3, -0.25) is 9.59 Å². The van der Waals surface area contributed by atoms with Crippen LogP contribution in [0.5, 0.6) is 0 Å². The van der Waals surface area contributed by atoms with Crippen molar-refractivity contribution in [3.8, 4) is 0 Å². The Morgan fingerprint density at radius 3 is 2.75 bits per heavy atom. The average molecular weight is 328 g/mol. The van der Waals surface area contributed by atoms with Crippen molar-refractivity contribution in [2.75, 3.05) is 13.7 Å². The van der Waals surface area contributed by atoms with Crippen LogP contribution in [-0.2, 0) is 14.3 Å². The van der Waals surface area contributed by atoms with Crippen LogP contribution >= 0.6 is 0 Å². The molecule has 0 heterocycles. The Kier molecular flexibility index (Phi) is 3.65. The number of Topliss-reactive ketones (excluding diaryl/α,β-unsaturated/α-hetero) is 1. The Morgan fingerprint density at radius 2 is 2.00 bits per heavy atom. The summed E-state index contributed by atoms with van der Waals surface area (Å²) in [7, 11) is 1.74. The zero-order valence-corrected chi connectivity index (χ0v) is 15.0. The van der Waals surface area contributed by atoms with Crippen LogP contribution in [0.3, 0.4) is 0 Å². The van der Waals surface area contributed by atoms with E-state index in [0.717, 1.165) is 32.1 Å². The van der Waals surface area contributed by atoms with Gasteiger partial charge in [-0.2, -0.15) is 0 Å². The van der Waals surface area contributed by atoms with E-state index in [1.54, 1.807) is 13.2 Å². The molecule has 0 radical (unpaired) electrons. The van der Waals surface area contributed by atoms with Gasteiger partial charge in [-0.15, -0.1) is 0 Å². The van der Waals surface area contributed by atoms with Crippen molar-refractivity contribution < 1.29 is 14.3 Å². The monoisotopic (exact) mass is 328 g/mol. The number of hydrogen-bond acceptors (Lipinski definition) is 3. The summed E-state index contributed by atoms with van der Waals surface area (Å²) in [5.41, 5.74) is 1.11. The van der Waals surface area contributed by atoms with Crippen LogP contribution < -0.4 is 0 Å². The molecule has 0 spiro atoms. The van der Waals surface area contributed by atoms with E-state index in [2.05, 4.69) is 19.9 Å². The van der Waals surface area contributed by atoms with Crippen LogP contribution in [0.1, 0.15) is 46.0 Å². The number of fused-ring (bicyclic) bond motifs is 5. The van der Waals surface area contributed by atoms with Crippen LogP contribution in [0.4, 0.5) is 0 Å². The molecule has 0 aromatic heterocycles. The average Bonchev–Trinajstić information content (AvgIpc) is 2.85. The molecule has 0 aromatic carbocycles. The molecular formula is C21H28O3. The van der Waals surface area contributed by atoms with Crippen LogP contribution in [0.25, 0.3) is 0 Å². The number of allylic oxidation sites excluding steroid dienone is 3. The molecule has 0 saturated heterocycles. The van der Waals surface area contributed by atoms with E-state index in [9.17, 15) is 9.59 Å². The highest BCUT2D eigenvalue weighted by Gasteiger charge is 2.59. The summed E-state index contributed by atoms with van der Waals surface area (Å²) in [6.07, 6.45) is 10.8. The van der Waals surface area contributed by atoms with Crippen molar-refractivity contribution in [3.05, 3.63) is 23.8 Å². The van der Waals surface area contributed by atoms with Gasteiger partial charge >= 0.3 is 0 Å². The summed E-state index contributed by atoms with van der Waals surface area (Å²) in [4.78, 5) is 24.5. The molecule has 6 atom stereocenters. The smallest absolute Gasteiger partial charge is 0.178 e. The summed E-state index contributed by atoms with van der Waals surface area (Å²) in [6, 6.07) is 0. The molecule has 1 unspecified atom stereocenters. The second kappa shape index (κ2) is 5.39. The predicted octanol–water partition coefficient (Wildman–Crippen LogP) is 3.74. The first kappa shape index (κ1) is 16.3. The largest absolute Gasteiger partial charge is 0.384 e. The molecule has 4 aliphatic carbocycles. The van der Waals surface area contributed by atoms with E-state index in [-0.39, 0.29) is 16.6 Å². The maximum atomic E-state index is 12.5. The zero-order chi connectivity index (χ0) is 17.1. The van der Waals surface area contributed by atoms with Crippen LogP contribution in [0, 0.1) is 34.5 Å². The van der Waals surface area contributed by atoms with E-state index in [1.165, 1.54) is 5.57 Å². The Labute approximate surface area is 144 Å². The Bertz CT molecular complexity index is 645. The van der Waals surface area contributed by atoms with E-state index in [1.807, 2.05) is 6.08 Å². The van der Waals surface area contributed by atoms with Crippen LogP contribution in [0.15, 0.2) is 23.8 Å². The molecule has 0 N–H and O–H groups in total. The van der Waals surface area contributed by atoms with Crippen molar-refractivity contribution in [3.63, 3.8) is 0 Å². The minimum absolute atomic E-state index is 0.0486. The van der Waals surface area contributed by atoms with Gasteiger partial charge in [-0.25, -0.2) is 0 Å². The molecule has 4 rings (SSSR count). The summed E-state index contributed by atoms with van der Waals surface area (Å²) in [6.45, 7) is 5.19. The first-order valence-corrected chi connectivity index (χ1v) is 9.37. The standard InChI is InChI=1S/C21H28O3/c1-20-8-6-14(22)11-18(20)13(12-24-3)10-15-16-4-5-19(23)21(16,2)9-7-17(15)20/h6,8,11,13,15-17H,4-5,7,9-10,12H2,1-3H3/t13-,15-,16?,17-,20+,21-/m0/s1. The highest BCUT2D eigenvalue weighted by Crippen LogP contribution is 2.64. The molecule has 130 valence electrons. The highest BCUT2D eigenvalue weighted by atomic mass is 16.5. The third-order valence-corrected chi connectivity index (χ3v) is 7.79. The number of methoxy groups -OCH3 is 1. The molecule has 3 heteroatoms. The van der Waals surface area contributed by atoms with Crippen molar-refractivity contribution in [2.24, 2.45) is 34.5 Å². The molecule has 0 bridgehead atoms. The summed E-state index contributed by atoms with van der Waals surface area (Å²) < 4.78 is 5.50. The fraction of sp³-hybridized carbons (Fsp3) is 0.714. The van der Waals surface area contributed by atoms with E-state index in [0.29, 0.717) is 36.1 Å². The number of carbonyl (C=O) groups excluding carboxylic acids is 2. The van der Waals surface area contributed by atoms with Gasteiger partial charge in [-0.1, -0.05) is 25.5 Å². The van der Waals surface area contributed by atoms with E-state index < -0.39 is 0 Å². The Balaban J connectivity index is 1.75. The van der Waals surface area contributed by atoms with Crippen molar-refractivity contribution in [1.82, 2.24) is 0 Å². The summed E-state index contributed by atoms with van der Waals surface area (Å²) in [5.74, 6) is 2.51. The lowest BCUT2D eigenvalue weighted by molar-refractivity contribution is -0.132. The van der Waals surface area contributed by atoms with Crippen LogP contribution in [0.2, 0.25) is 0 Å². The van der Waals surface area contributed by atoms with Gasteiger partial charge in [-0.05, 0) is 55.6 Å². The lowest BCUT2D eigenvalue weighted by Gasteiger charge is -2.57. The molecule has 3 fully saturated rings. The molecule has 0 amide bonds. The fourth-order valence-electron chi connectivity index (χ4n) is 6.55. The molecule has 3 saturated carbocycles. The zero-order valence-electron chi connectivity index (χ0n) is 15.0.